The van der Waals surface area contributed by atoms with E-state index >= 15 is 0 Å². The summed E-state index contributed by atoms with van der Waals surface area (Å²) in [7, 11) is -4.27. The molecule has 0 heterocycles. The molecule has 0 unspecified atom stereocenters. The lowest BCUT2D eigenvalue weighted by molar-refractivity contribution is -0.274. The van der Waals surface area contributed by atoms with Crippen LogP contribution in [0, 0.1) is 0 Å². The molecule has 5 nitrogen and oxygen atoms in total. The maximum atomic E-state index is 12.3. The summed E-state index contributed by atoms with van der Waals surface area (Å²) in [6.07, 6.45) is -11.3. The normalized spacial score (nSPS) is 12.5. The van der Waals surface area contributed by atoms with Crippen molar-refractivity contribution in [1.29, 1.82) is 0 Å². The molecule has 29 heavy (non-hydrogen) atoms. The molecule has 160 valence electrons. The first-order valence-electron chi connectivity index (χ1n) is 7.94. The van der Waals surface area contributed by atoms with E-state index in [1.54, 1.807) is 0 Å². The summed E-state index contributed by atoms with van der Waals surface area (Å²) in [5, 5.41) is 0. The Labute approximate surface area is 161 Å². The molecule has 2 aromatic carbocycles. The molecule has 0 saturated carbocycles. The predicted octanol–water partition coefficient (Wildman–Crippen LogP) is 5.43. The van der Waals surface area contributed by atoms with Crippen molar-refractivity contribution >= 4 is 10.1 Å². The Morgan fingerprint density at radius 1 is 0.793 bits per heavy atom. The molecule has 0 fully saturated rings. The van der Waals surface area contributed by atoms with E-state index < -0.39 is 47.0 Å². The molecule has 0 N–H and O–H groups in total. The molecule has 0 bridgehead atoms. The number of hydrogen-bond acceptors (Lipinski definition) is 5. The van der Waals surface area contributed by atoms with E-state index in [1.165, 1.54) is 30.3 Å². The Balaban J connectivity index is 2.03. The lowest BCUT2D eigenvalue weighted by Gasteiger charge is -2.12. The van der Waals surface area contributed by atoms with E-state index in [2.05, 4.69) is 4.74 Å². The van der Waals surface area contributed by atoms with Gasteiger partial charge in [-0.25, -0.2) is 0 Å². The van der Waals surface area contributed by atoms with E-state index in [0.717, 1.165) is 18.2 Å². The van der Waals surface area contributed by atoms with Crippen LogP contribution in [0.4, 0.5) is 26.3 Å². The standard InChI is InChI=1S/C17H14F6O5S/c18-16(19,20)8-3-9-29(24,25)28-15-7-2-5-13(11-15)26-12-4-1-6-14(10-12)27-17(21,22)23/h1-2,4-7,10-11H,3,8-9H2. The highest BCUT2D eigenvalue weighted by molar-refractivity contribution is 7.87. The van der Waals surface area contributed by atoms with Gasteiger partial charge in [-0.05, 0) is 30.7 Å². The largest absolute Gasteiger partial charge is 0.573 e. The van der Waals surface area contributed by atoms with Gasteiger partial charge in [-0.3, -0.25) is 0 Å². The van der Waals surface area contributed by atoms with Gasteiger partial charge in [0, 0.05) is 18.6 Å². The van der Waals surface area contributed by atoms with Crippen LogP contribution in [0.5, 0.6) is 23.0 Å². The summed E-state index contributed by atoms with van der Waals surface area (Å²) in [6.45, 7) is 0. The minimum atomic E-state index is -4.88. The van der Waals surface area contributed by atoms with Crippen LogP contribution in [0.25, 0.3) is 0 Å². The van der Waals surface area contributed by atoms with Gasteiger partial charge in [0.25, 0.3) is 0 Å². The van der Waals surface area contributed by atoms with Gasteiger partial charge in [-0.15, -0.1) is 13.2 Å². The van der Waals surface area contributed by atoms with Crippen molar-refractivity contribution in [3.63, 3.8) is 0 Å². The van der Waals surface area contributed by atoms with Crippen molar-refractivity contribution in [3.05, 3.63) is 48.5 Å². The lowest BCUT2D eigenvalue weighted by atomic mass is 10.3. The monoisotopic (exact) mass is 444 g/mol. The summed E-state index contributed by atoms with van der Waals surface area (Å²) in [5.74, 6) is -1.59. The van der Waals surface area contributed by atoms with E-state index in [0.29, 0.717) is 0 Å². The van der Waals surface area contributed by atoms with Gasteiger partial charge in [0.05, 0.1) is 5.75 Å². The van der Waals surface area contributed by atoms with Gasteiger partial charge in [-0.1, -0.05) is 12.1 Å². The minimum absolute atomic E-state index is 0.0251. The molecule has 0 aliphatic rings. The van der Waals surface area contributed by atoms with E-state index in [1.807, 2.05) is 0 Å². The Hall–Kier alpha value is -2.63. The molecule has 0 atom stereocenters. The van der Waals surface area contributed by atoms with Crippen LogP contribution in [-0.2, 0) is 10.1 Å². The second-order valence-electron chi connectivity index (χ2n) is 5.66. The first-order valence-corrected chi connectivity index (χ1v) is 9.52. The Morgan fingerprint density at radius 2 is 1.31 bits per heavy atom. The molecule has 2 rings (SSSR count). The summed E-state index contributed by atoms with van der Waals surface area (Å²) in [4.78, 5) is 0. The van der Waals surface area contributed by atoms with E-state index in [-0.39, 0.29) is 17.2 Å². The third-order valence-electron chi connectivity index (χ3n) is 3.16. The average Bonchev–Trinajstić information content (AvgIpc) is 2.51. The summed E-state index contributed by atoms with van der Waals surface area (Å²) in [5.41, 5.74) is 0. The van der Waals surface area contributed by atoms with Crippen molar-refractivity contribution in [2.75, 3.05) is 5.75 Å². The zero-order valence-electron chi connectivity index (χ0n) is 14.5. The van der Waals surface area contributed by atoms with Crippen LogP contribution in [0.2, 0.25) is 0 Å². The van der Waals surface area contributed by atoms with Crippen molar-refractivity contribution < 1.29 is 48.4 Å². The summed E-state index contributed by atoms with van der Waals surface area (Å²) in [6, 6.07) is 9.69. The molecule has 0 radical (unpaired) electrons. The minimum Gasteiger partial charge on any atom is -0.457 e. The third-order valence-corrected chi connectivity index (χ3v) is 4.39. The van der Waals surface area contributed by atoms with Crippen molar-refractivity contribution in [1.82, 2.24) is 0 Å². The van der Waals surface area contributed by atoms with Crippen molar-refractivity contribution in [3.8, 4) is 23.0 Å². The SMILES string of the molecule is O=S(=O)(CCCC(F)(F)F)Oc1cccc(Oc2cccc(OC(F)(F)F)c2)c1. The zero-order chi connectivity index (χ0) is 21.7. The molecule has 0 aliphatic heterocycles. The quantitative estimate of drug-likeness (QED) is 0.402. The fourth-order valence-corrected chi connectivity index (χ4v) is 3.08. The maximum Gasteiger partial charge on any atom is 0.573 e. The van der Waals surface area contributed by atoms with Crippen LogP contribution in [-0.4, -0.2) is 26.7 Å². The predicted molar refractivity (Wildman–Crippen MR) is 89.3 cm³/mol. The molecule has 0 spiro atoms. The summed E-state index contributed by atoms with van der Waals surface area (Å²) < 4.78 is 111. The second-order valence-corrected chi connectivity index (χ2v) is 7.35. The molecule has 12 heteroatoms. The Kier molecular flexibility index (Phi) is 6.88. The van der Waals surface area contributed by atoms with Crippen LogP contribution >= 0.6 is 0 Å². The van der Waals surface area contributed by atoms with E-state index in [4.69, 9.17) is 8.92 Å². The average molecular weight is 444 g/mol. The molecule has 0 aliphatic carbocycles. The van der Waals surface area contributed by atoms with Gasteiger partial charge in [-0.2, -0.15) is 21.6 Å². The first kappa shape index (κ1) is 22.7. The highest BCUT2D eigenvalue weighted by atomic mass is 32.2. The number of ether oxygens (including phenoxy) is 2. The number of halogens is 6. The van der Waals surface area contributed by atoms with E-state index in [9.17, 15) is 34.8 Å². The Morgan fingerprint density at radius 3 is 1.86 bits per heavy atom. The number of rotatable bonds is 8. The second kappa shape index (κ2) is 8.80. The summed E-state index contributed by atoms with van der Waals surface area (Å²) >= 11 is 0. The Bertz CT molecular complexity index is 924. The van der Waals surface area contributed by atoms with Crippen LogP contribution in [0.15, 0.2) is 48.5 Å². The van der Waals surface area contributed by atoms with Gasteiger partial charge in [0.2, 0.25) is 0 Å². The van der Waals surface area contributed by atoms with Crippen molar-refractivity contribution in [2.24, 2.45) is 0 Å². The maximum absolute atomic E-state index is 12.3. The molecule has 0 saturated heterocycles. The molecule has 0 amide bonds. The third kappa shape index (κ3) is 8.94. The van der Waals surface area contributed by atoms with Gasteiger partial charge >= 0.3 is 22.7 Å². The van der Waals surface area contributed by atoms with Crippen LogP contribution in [0.1, 0.15) is 12.8 Å². The highest BCUT2D eigenvalue weighted by Crippen LogP contribution is 2.30. The van der Waals surface area contributed by atoms with Gasteiger partial charge in [0.1, 0.15) is 23.0 Å². The first-order chi connectivity index (χ1) is 13.3. The highest BCUT2D eigenvalue weighted by Gasteiger charge is 2.31. The zero-order valence-corrected chi connectivity index (χ0v) is 15.3. The van der Waals surface area contributed by atoms with Crippen LogP contribution in [0.3, 0.4) is 0 Å². The lowest BCUT2D eigenvalue weighted by Crippen LogP contribution is -2.17. The number of benzene rings is 2. The molecule has 2 aromatic rings. The molecular weight excluding hydrogens is 430 g/mol. The fourth-order valence-electron chi connectivity index (χ4n) is 2.10. The van der Waals surface area contributed by atoms with Crippen LogP contribution < -0.4 is 13.7 Å². The molecule has 0 aromatic heterocycles. The van der Waals surface area contributed by atoms with Gasteiger partial charge < -0.3 is 13.7 Å². The van der Waals surface area contributed by atoms with Gasteiger partial charge in [0.15, 0.2) is 0 Å². The fraction of sp³-hybridized carbons (Fsp3) is 0.294. The number of hydrogen-bond donors (Lipinski definition) is 0. The molecular formula is C17H14F6O5S. The number of alkyl halides is 6. The van der Waals surface area contributed by atoms with Crippen molar-refractivity contribution in [2.45, 2.75) is 25.4 Å². The topological polar surface area (TPSA) is 61.8 Å². The smallest absolute Gasteiger partial charge is 0.457 e.